The quantitative estimate of drug-likeness (QED) is 0.248. The van der Waals surface area contributed by atoms with Crippen molar-refractivity contribution in [3.8, 4) is 17.2 Å². The van der Waals surface area contributed by atoms with Gasteiger partial charge in [-0.05, 0) is 72.0 Å². The van der Waals surface area contributed by atoms with Gasteiger partial charge in [0, 0.05) is 16.8 Å². The monoisotopic (exact) mass is 476 g/mol. The van der Waals surface area contributed by atoms with Crippen LogP contribution in [0.25, 0.3) is 22.6 Å². The number of carbonyl (C=O) groups is 1. The predicted octanol–water partition coefficient (Wildman–Crippen LogP) is 7.84. The fourth-order valence-corrected chi connectivity index (χ4v) is 4.01. The lowest BCUT2D eigenvalue weighted by molar-refractivity contribution is 0.102. The van der Waals surface area contributed by atoms with Gasteiger partial charge < -0.3 is 14.5 Å². The van der Waals surface area contributed by atoms with Gasteiger partial charge >= 0.3 is 0 Å². The van der Waals surface area contributed by atoms with E-state index >= 15 is 0 Å². The molecule has 0 aliphatic carbocycles. The second-order valence-corrected chi connectivity index (χ2v) is 8.89. The molecule has 5 rings (SSSR count). The number of ether oxygens (including phenoxy) is 1. The van der Waals surface area contributed by atoms with Crippen molar-refractivity contribution in [1.82, 2.24) is 4.98 Å². The number of aromatic nitrogens is 1. The van der Waals surface area contributed by atoms with Crippen LogP contribution in [0.4, 0.5) is 5.69 Å². The van der Waals surface area contributed by atoms with E-state index in [2.05, 4.69) is 31.3 Å². The van der Waals surface area contributed by atoms with Gasteiger partial charge in [-0.3, -0.25) is 4.79 Å². The van der Waals surface area contributed by atoms with Gasteiger partial charge in [0.25, 0.3) is 5.91 Å². The summed E-state index contributed by atoms with van der Waals surface area (Å²) < 4.78 is 11.9. The van der Waals surface area contributed by atoms with Gasteiger partial charge in [0.1, 0.15) is 17.9 Å². The highest BCUT2D eigenvalue weighted by molar-refractivity contribution is 6.04. The molecule has 0 aliphatic heterocycles. The van der Waals surface area contributed by atoms with E-state index in [1.165, 1.54) is 5.56 Å². The van der Waals surface area contributed by atoms with E-state index in [1.807, 2.05) is 72.8 Å². The molecule has 1 aromatic heterocycles. The number of hydrogen-bond acceptors (Lipinski definition) is 4. The Bertz CT molecular complexity index is 1490. The third kappa shape index (κ3) is 5.31. The molecular weight excluding hydrogens is 448 g/mol. The van der Waals surface area contributed by atoms with E-state index in [9.17, 15) is 4.79 Å². The molecule has 1 heterocycles. The summed E-state index contributed by atoms with van der Waals surface area (Å²) in [6.45, 7) is 4.83. The number of fused-ring (bicyclic) bond motifs is 1. The molecule has 1 atom stereocenters. The fraction of sp³-hybridized carbons (Fsp3) is 0.161. The summed E-state index contributed by atoms with van der Waals surface area (Å²) in [5.74, 6) is 1.42. The molecule has 1 N–H and O–H groups in total. The van der Waals surface area contributed by atoms with Crippen LogP contribution in [0.3, 0.4) is 0 Å². The highest BCUT2D eigenvalue weighted by atomic mass is 16.5. The summed E-state index contributed by atoms with van der Waals surface area (Å²) in [6, 6.07) is 30.8. The lowest BCUT2D eigenvalue weighted by Crippen LogP contribution is -2.12. The van der Waals surface area contributed by atoms with Gasteiger partial charge in [-0.1, -0.05) is 62.4 Å². The van der Waals surface area contributed by atoms with Crippen molar-refractivity contribution >= 4 is 22.7 Å². The smallest absolute Gasteiger partial charge is 0.255 e. The Morgan fingerprint density at radius 3 is 2.61 bits per heavy atom. The molecule has 0 radical (unpaired) electrons. The summed E-state index contributed by atoms with van der Waals surface area (Å²) >= 11 is 0. The zero-order valence-electron chi connectivity index (χ0n) is 20.4. The first-order chi connectivity index (χ1) is 17.6. The number of hydrogen-bond donors (Lipinski definition) is 1. The molecule has 1 amide bonds. The maximum Gasteiger partial charge on any atom is 0.255 e. The van der Waals surface area contributed by atoms with Crippen molar-refractivity contribution < 1.29 is 13.9 Å². The molecule has 0 fully saturated rings. The Kier molecular flexibility index (Phi) is 6.80. The summed E-state index contributed by atoms with van der Waals surface area (Å²) in [5.41, 5.74) is 5.89. The van der Waals surface area contributed by atoms with Crippen molar-refractivity contribution in [2.45, 2.75) is 32.8 Å². The van der Waals surface area contributed by atoms with Crippen LogP contribution < -0.4 is 10.1 Å². The third-order valence-electron chi connectivity index (χ3n) is 6.30. The summed E-state index contributed by atoms with van der Waals surface area (Å²) in [7, 11) is 0. The number of nitrogens with zero attached hydrogens (tertiary/aromatic N) is 1. The molecule has 0 saturated carbocycles. The lowest BCUT2D eigenvalue weighted by Gasteiger charge is -2.09. The van der Waals surface area contributed by atoms with Gasteiger partial charge in [0.05, 0.1) is 0 Å². The lowest BCUT2D eigenvalue weighted by atomic mass is 9.98. The first kappa shape index (κ1) is 23.4. The van der Waals surface area contributed by atoms with Gasteiger partial charge in [-0.25, -0.2) is 4.98 Å². The van der Waals surface area contributed by atoms with Crippen LogP contribution in [0.5, 0.6) is 5.75 Å². The van der Waals surface area contributed by atoms with Crippen molar-refractivity contribution in [2.24, 2.45) is 0 Å². The summed E-state index contributed by atoms with van der Waals surface area (Å²) in [6.07, 6.45) is 1.07. The molecule has 0 saturated heterocycles. The number of oxazole rings is 1. The number of amides is 1. The second kappa shape index (κ2) is 10.5. The summed E-state index contributed by atoms with van der Waals surface area (Å²) in [4.78, 5) is 17.7. The first-order valence-electron chi connectivity index (χ1n) is 12.2. The van der Waals surface area contributed by atoms with Crippen LogP contribution in [0, 0.1) is 0 Å². The highest BCUT2D eigenvalue weighted by Gasteiger charge is 2.13. The van der Waals surface area contributed by atoms with Crippen LogP contribution in [-0.4, -0.2) is 10.9 Å². The average Bonchev–Trinajstić information content (AvgIpc) is 3.36. The van der Waals surface area contributed by atoms with E-state index in [4.69, 9.17) is 14.1 Å². The first-order valence-corrected chi connectivity index (χ1v) is 12.2. The van der Waals surface area contributed by atoms with Gasteiger partial charge in [-0.2, -0.15) is 0 Å². The molecule has 0 unspecified atom stereocenters. The molecule has 180 valence electrons. The van der Waals surface area contributed by atoms with E-state index < -0.39 is 0 Å². The Morgan fingerprint density at radius 2 is 1.78 bits per heavy atom. The highest BCUT2D eigenvalue weighted by Crippen LogP contribution is 2.29. The standard InChI is InChI=1S/C31H28N2O3/c1-3-21(2)23-15-16-29-28(19-23)33-31(36-29)25-12-7-13-26(17-25)32-30(34)24-11-8-14-27(18-24)35-20-22-9-5-4-6-10-22/h4-19,21H,3,20H2,1-2H3,(H,32,34)/t21-/m1/s1. The molecule has 36 heavy (non-hydrogen) atoms. The Balaban J connectivity index is 1.30. The molecule has 0 spiro atoms. The maximum atomic E-state index is 13.0. The Morgan fingerprint density at radius 1 is 0.944 bits per heavy atom. The van der Waals surface area contributed by atoms with E-state index in [1.54, 1.807) is 12.1 Å². The van der Waals surface area contributed by atoms with Crippen LogP contribution in [0.1, 0.15) is 47.7 Å². The van der Waals surface area contributed by atoms with Gasteiger partial charge in [0.15, 0.2) is 5.58 Å². The van der Waals surface area contributed by atoms with Gasteiger partial charge in [0.2, 0.25) is 5.89 Å². The average molecular weight is 477 g/mol. The van der Waals surface area contributed by atoms with Crippen molar-refractivity contribution in [3.63, 3.8) is 0 Å². The maximum absolute atomic E-state index is 13.0. The van der Waals surface area contributed by atoms with Crippen molar-refractivity contribution in [2.75, 3.05) is 5.32 Å². The number of nitrogens with one attached hydrogen (secondary N) is 1. The summed E-state index contributed by atoms with van der Waals surface area (Å²) in [5, 5.41) is 2.97. The minimum atomic E-state index is -0.215. The van der Waals surface area contributed by atoms with Crippen molar-refractivity contribution in [1.29, 1.82) is 0 Å². The minimum absolute atomic E-state index is 0.215. The Hall–Kier alpha value is -4.38. The van der Waals surface area contributed by atoms with Crippen LogP contribution >= 0.6 is 0 Å². The number of rotatable bonds is 8. The molecule has 0 aliphatic rings. The van der Waals surface area contributed by atoms with E-state index in [-0.39, 0.29) is 5.91 Å². The second-order valence-electron chi connectivity index (χ2n) is 8.89. The third-order valence-corrected chi connectivity index (χ3v) is 6.30. The van der Waals surface area contributed by atoms with E-state index in [0.29, 0.717) is 35.4 Å². The molecule has 5 nitrogen and oxygen atoms in total. The molecule has 4 aromatic carbocycles. The van der Waals surface area contributed by atoms with Crippen LogP contribution in [0.15, 0.2) is 101 Å². The Labute approximate surface area is 210 Å². The normalized spacial score (nSPS) is 11.8. The molecular formula is C31H28N2O3. The predicted molar refractivity (Wildman–Crippen MR) is 143 cm³/mol. The number of benzene rings is 4. The number of carbonyl (C=O) groups excluding carboxylic acids is 1. The zero-order chi connectivity index (χ0) is 24.9. The molecule has 5 aromatic rings. The van der Waals surface area contributed by atoms with Gasteiger partial charge in [-0.15, -0.1) is 0 Å². The zero-order valence-corrected chi connectivity index (χ0v) is 20.4. The minimum Gasteiger partial charge on any atom is -0.489 e. The number of anilines is 1. The van der Waals surface area contributed by atoms with Crippen LogP contribution in [-0.2, 0) is 6.61 Å². The van der Waals surface area contributed by atoms with Crippen LogP contribution in [0.2, 0.25) is 0 Å². The molecule has 0 bridgehead atoms. The van der Waals surface area contributed by atoms with Crippen molar-refractivity contribution in [3.05, 3.63) is 114 Å². The SMILES string of the molecule is CC[C@@H](C)c1ccc2oc(-c3cccc(NC(=O)c4cccc(OCc5ccccc5)c4)c3)nc2c1. The van der Waals surface area contributed by atoms with E-state index in [0.717, 1.165) is 28.6 Å². The fourth-order valence-electron chi connectivity index (χ4n) is 4.01. The molecule has 5 heteroatoms. The largest absolute Gasteiger partial charge is 0.489 e. The topological polar surface area (TPSA) is 64.4 Å².